The van der Waals surface area contributed by atoms with Crippen LogP contribution < -0.4 is 0 Å². The zero-order valence-electron chi connectivity index (χ0n) is 18.4. The molecule has 4 bridgehead atoms. The number of piperidine rings is 3. The summed E-state index contributed by atoms with van der Waals surface area (Å²) in [6, 6.07) is 24.0. The van der Waals surface area contributed by atoms with E-state index in [4.69, 9.17) is 0 Å². The maximum absolute atomic E-state index is 2.94. The summed E-state index contributed by atoms with van der Waals surface area (Å²) in [5.41, 5.74) is 3.48. The molecule has 2 aliphatic carbocycles. The van der Waals surface area contributed by atoms with E-state index in [2.05, 4.69) is 77.5 Å². The monoisotopic (exact) mass is 400 g/mol. The Morgan fingerprint density at radius 1 is 0.833 bits per heavy atom. The lowest BCUT2D eigenvalue weighted by Gasteiger charge is -2.59. The Balaban J connectivity index is 1.44. The zero-order valence-corrected chi connectivity index (χ0v) is 18.4. The molecule has 5 aliphatic rings. The molecule has 2 aromatic carbocycles. The molecule has 5 fully saturated rings. The molecule has 158 valence electrons. The topological polar surface area (TPSA) is 6.48 Å². The number of rotatable bonds is 5. The van der Waals surface area contributed by atoms with Crippen LogP contribution in [0.25, 0.3) is 0 Å². The second kappa shape index (κ2) is 7.50. The summed E-state index contributed by atoms with van der Waals surface area (Å²) in [6.45, 7) is 2.57. The lowest BCUT2D eigenvalue weighted by atomic mass is 9.69. The van der Waals surface area contributed by atoms with Crippen molar-refractivity contribution in [3.05, 3.63) is 71.8 Å². The first-order valence-corrected chi connectivity index (χ1v) is 12.3. The van der Waals surface area contributed by atoms with Crippen molar-refractivity contribution in [2.45, 2.75) is 68.5 Å². The summed E-state index contributed by atoms with van der Waals surface area (Å²) in [7, 11) is 2.51. The minimum absolute atomic E-state index is 0.456. The van der Waals surface area contributed by atoms with Crippen molar-refractivity contribution in [3.8, 4) is 0 Å². The number of hydrogen-bond acceptors (Lipinski definition) is 2. The first-order chi connectivity index (χ1) is 14.8. The average Bonchev–Trinajstić information content (AvgIpc) is 3.44. The highest BCUT2D eigenvalue weighted by atomic mass is 15.3. The largest absolute Gasteiger partial charge is 0.298 e. The molecule has 3 heterocycles. The zero-order chi connectivity index (χ0) is 20.1. The summed E-state index contributed by atoms with van der Waals surface area (Å²) in [4.78, 5) is 5.81. The number of benzene rings is 2. The molecule has 0 radical (unpaired) electrons. The van der Waals surface area contributed by atoms with Crippen molar-refractivity contribution in [1.82, 2.24) is 9.80 Å². The van der Waals surface area contributed by atoms with Crippen LogP contribution in [-0.2, 0) is 0 Å². The Morgan fingerprint density at radius 3 is 1.90 bits per heavy atom. The summed E-state index contributed by atoms with van der Waals surface area (Å²) in [6.07, 6.45) is 10.0. The van der Waals surface area contributed by atoms with E-state index in [-0.39, 0.29) is 0 Å². The Hall–Kier alpha value is -1.64. The minimum atomic E-state index is 0.456. The predicted molar refractivity (Wildman–Crippen MR) is 124 cm³/mol. The molecule has 2 saturated carbocycles. The van der Waals surface area contributed by atoms with Gasteiger partial charge in [0.15, 0.2) is 0 Å². The van der Waals surface area contributed by atoms with Gasteiger partial charge in [0.25, 0.3) is 0 Å². The van der Waals surface area contributed by atoms with Gasteiger partial charge in [-0.1, -0.05) is 60.7 Å². The van der Waals surface area contributed by atoms with E-state index in [1.54, 1.807) is 0 Å². The minimum Gasteiger partial charge on any atom is -0.298 e. The fourth-order valence-corrected chi connectivity index (χ4v) is 7.89. The molecule has 0 spiro atoms. The van der Waals surface area contributed by atoms with Crippen molar-refractivity contribution in [1.29, 1.82) is 0 Å². The average molecular weight is 401 g/mol. The third kappa shape index (κ3) is 2.99. The van der Waals surface area contributed by atoms with Gasteiger partial charge in [-0.2, -0.15) is 0 Å². The molecule has 2 nitrogen and oxygen atoms in total. The van der Waals surface area contributed by atoms with Gasteiger partial charge in [-0.3, -0.25) is 9.80 Å². The first-order valence-electron chi connectivity index (χ1n) is 12.3. The maximum Gasteiger partial charge on any atom is 0.0363 e. The van der Waals surface area contributed by atoms with E-state index in [0.29, 0.717) is 23.5 Å². The van der Waals surface area contributed by atoms with Crippen LogP contribution in [-0.4, -0.2) is 47.6 Å². The second-order valence-electron chi connectivity index (χ2n) is 10.6. The predicted octanol–water partition coefficient (Wildman–Crippen LogP) is 5.55. The van der Waals surface area contributed by atoms with Crippen molar-refractivity contribution >= 4 is 0 Å². The van der Waals surface area contributed by atoms with Gasteiger partial charge in [0.1, 0.15) is 0 Å². The standard InChI is InChI=1S/C28H36N2/c1-29(28-16-12-21(20-28)13-17-28)26-24-14-18-30(19-15-24)27(26)25(22-8-4-2-5-9-22)23-10-6-3-7-11-23/h2-11,21,24-27H,12-20H2,1H3. The molecule has 2 heteroatoms. The van der Waals surface area contributed by atoms with E-state index in [9.17, 15) is 0 Å². The number of fused-ring (bicyclic) bond motifs is 5. The quantitative estimate of drug-likeness (QED) is 0.650. The van der Waals surface area contributed by atoms with Crippen molar-refractivity contribution in [3.63, 3.8) is 0 Å². The fraction of sp³-hybridized carbons (Fsp3) is 0.571. The van der Waals surface area contributed by atoms with Crippen molar-refractivity contribution in [2.75, 3.05) is 20.1 Å². The van der Waals surface area contributed by atoms with E-state index < -0.39 is 0 Å². The summed E-state index contributed by atoms with van der Waals surface area (Å²) in [5, 5.41) is 0. The van der Waals surface area contributed by atoms with Gasteiger partial charge < -0.3 is 0 Å². The van der Waals surface area contributed by atoms with Gasteiger partial charge in [0.2, 0.25) is 0 Å². The van der Waals surface area contributed by atoms with Crippen LogP contribution in [0.3, 0.4) is 0 Å². The Kier molecular flexibility index (Phi) is 4.77. The molecule has 7 rings (SSSR count). The molecule has 0 aromatic heterocycles. The summed E-state index contributed by atoms with van der Waals surface area (Å²) in [5.74, 6) is 2.32. The van der Waals surface area contributed by atoms with Crippen molar-refractivity contribution in [2.24, 2.45) is 11.8 Å². The van der Waals surface area contributed by atoms with Gasteiger partial charge in [0, 0.05) is 23.5 Å². The molecule has 2 unspecified atom stereocenters. The lowest BCUT2D eigenvalue weighted by Crippen LogP contribution is -2.67. The van der Waals surface area contributed by atoms with Crippen LogP contribution >= 0.6 is 0 Å². The van der Waals surface area contributed by atoms with Gasteiger partial charge in [0.05, 0.1) is 0 Å². The molecule has 30 heavy (non-hydrogen) atoms. The molecule has 0 amide bonds. The Morgan fingerprint density at radius 2 is 1.40 bits per heavy atom. The normalized spacial score (nSPS) is 37.4. The molecule has 0 N–H and O–H groups in total. The van der Waals surface area contributed by atoms with Crippen LogP contribution in [0.15, 0.2) is 60.7 Å². The first kappa shape index (κ1) is 19.1. The molecular weight excluding hydrogens is 364 g/mol. The van der Waals surface area contributed by atoms with Crippen LogP contribution in [0.2, 0.25) is 0 Å². The lowest BCUT2D eigenvalue weighted by molar-refractivity contribution is -0.0773. The smallest absolute Gasteiger partial charge is 0.0363 e. The van der Waals surface area contributed by atoms with Gasteiger partial charge >= 0.3 is 0 Å². The Labute approximate surface area is 182 Å². The maximum atomic E-state index is 2.94. The second-order valence-corrected chi connectivity index (χ2v) is 10.6. The van der Waals surface area contributed by atoms with Gasteiger partial charge in [-0.25, -0.2) is 0 Å². The van der Waals surface area contributed by atoms with Crippen LogP contribution in [0.5, 0.6) is 0 Å². The van der Waals surface area contributed by atoms with Crippen LogP contribution in [0.1, 0.15) is 62.0 Å². The van der Waals surface area contributed by atoms with E-state index in [1.165, 1.54) is 69.2 Å². The fourth-order valence-electron chi connectivity index (χ4n) is 7.89. The van der Waals surface area contributed by atoms with Gasteiger partial charge in [-0.05, 0) is 88.0 Å². The van der Waals surface area contributed by atoms with Crippen molar-refractivity contribution < 1.29 is 0 Å². The van der Waals surface area contributed by atoms with E-state index >= 15 is 0 Å². The van der Waals surface area contributed by atoms with Crippen LogP contribution in [0, 0.1) is 11.8 Å². The molecule has 2 aromatic rings. The van der Waals surface area contributed by atoms with E-state index in [1.807, 2.05) is 0 Å². The highest BCUT2D eigenvalue weighted by Crippen LogP contribution is 2.54. The highest BCUT2D eigenvalue weighted by molar-refractivity contribution is 5.36. The third-order valence-electron chi connectivity index (χ3n) is 9.39. The molecular formula is C28H36N2. The Bertz CT molecular complexity index is 807. The van der Waals surface area contributed by atoms with Crippen LogP contribution in [0.4, 0.5) is 0 Å². The third-order valence-corrected chi connectivity index (χ3v) is 9.39. The number of likely N-dealkylation sites (N-methyl/N-ethyl adjacent to an activating group) is 1. The highest BCUT2D eigenvalue weighted by Gasteiger charge is 2.55. The SMILES string of the molecule is CN(C1C(C(c2ccccc2)c2ccccc2)[N@]2CC[C@H]1CC2)C12CCC(CC1)C2. The number of hydrogen-bond donors (Lipinski definition) is 0. The summed E-state index contributed by atoms with van der Waals surface area (Å²) < 4.78 is 0. The number of nitrogens with zero attached hydrogens (tertiary/aromatic N) is 2. The molecule has 3 aliphatic heterocycles. The van der Waals surface area contributed by atoms with Gasteiger partial charge in [-0.15, -0.1) is 0 Å². The van der Waals surface area contributed by atoms with E-state index in [0.717, 1.165) is 11.8 Å². The summed E-state index contributed by atoms with van der Waals surface area (Å²) >= 11 is 0. The molecule has 2 atom stereocenters. The molecule has 3 saturated heterocycles.